The number of carbonyl (C=O) groups is 2. The Morgan fingerprint density at radius 1 is 1.29 bits per heavy atom. The summed E-state index contributed by atoms with van der Waals surface area (Å²) in [6.45, 7) is 4.89. The Morgan fingerprint density at radius 3 is 2.35 bits per heavy atom. The van der Waals surface area contributed by atoms with Crippen LogP contribution in [-0.4, -0.2) is 17.8 Å². The van der Waals surface area contributed by atoms with Crippen LogP contribution in [0.5, 0.6) is 5.75 Å². The van der Waals surface area contributed by atoms with E-state index >= 15 is 0 Å². The molecule has 0 heterocycles. The second-order valence-corrected chi connectivity index (χ2v) is 3.42. The number of hydrogen-bond donors (Lipinski definition) is 0. The lowest BCUT2D eigenvalue weighted by atomic mass is 10.2. The summed E-state index contributed by atoms with van der Waals surface area (Å²) < 4.78 is 9.69. The molecule has 17 heavy (non-hydrogen) atoms. The van der Waals surface area contributed by atoms with Gasteiger partial charge in [-0.3, -0.25) is 9.59 Å². The van der Waals surface area contributed by atoms with Crippen molar-refractivity contribution in [3.8, 4) is 5.75 Å². The van der Waals surface area contributed by atoms with Gasteiger partial charge in [0.2, 0.25) is 0 Å². The lowest BCUT2D eigenvalue weighted by Gasteiger charge is -2.06. The molecule has 0 bridgehead atoms. The summed E-state index contributed by atoms with van der Waals surface area (Å²) in [6, 6.07) is 6.38. The maximum Gasteiger partial charge on any atom is 0.326 e. The normalized spacial score (nSPS) is 9.53. The molecule has 0 saturated carbocycles. The molecule has 0 aliphatic rings. The van der Waals surface area contributed by atoms with Gasteiger partial charge >= 0.3 is 11.9 Å². The van der Waals surface area contributed by atoms with Gasteiger partial charge in [-0.15, -0.1) is 11.6 Å². The SMILES string of the molecule is C=C(OC(C)=O)c1ccc(OC(=O)CCl)cc1. The van der Waals surface area contributed by atoms with Crippen molar-refractivity contribution in [3.05, 3.63) is 36.4 Å². The first-order valence-electron chi connectivity index (χ1n) is 4.77. The average Bonchev–Trinajstić information content (AvgIpc) is 2.28. The molecule has 0 aromatic heterocycles. The molecule has 0 spiro atoms. The summed E-state index contributed by atoms with van der Waals surface area (Å²) in [7, 11) is 0. The summed E-state index contributed by atoms with van der Waals surface area (Å²) >= 11 is 5.29. The molecule has 0 N–H and O–H groups in total. The molecule has 90 valence electrons. The van der Waals surface area contributed by atoms with Gasteiger partial charge in [-0.1, -0.05) is 6.58 Å². The van der Waals surface area contributed by atoms with E-state index in [-0.39, 0.29) is 11.6 Å². The van der Waals surface area contributed by atoms with Crippen molar-refractivity contribution in [2.24, 2.45) is 0 Å². The zero-order valence-corrected chi connectivity index (χ0v) is 9.99. The van der Waals surface area contributed by atoms with Crippen molar-refractivity contribution in [1.82, 2.24) is 0 Å². The van der Waals surface area contributed by atoms with Crippen molar-refractivity contribution in [1.29, 1.82) is 0 Å². The van der Waals surface area contributed by atoms with Crippen LogP contribution in [0.4, 0.5) is 0 Å². The predicted octanol–water partition coefficient (Wildman–Crippen LogP) is 2.36. The number of benzene rings is 1. The van der Waals surface area contributed by atoms with Gasteiger partial charge < -0.3 is 9.47 Å². The maximum absolute atomic E-state index is 10.9. The van der Waals surface area contributed by atoms with Crippen LogP contribution >= 0.6 is 11.6 Å². The second-order valence-electron chi connectivity index (χ2n) is 3.15. The highest BCUT2D eigenvalue weighted by molar-refractivity contribution is 6.26. The van der Waals surface area contributed by atoms with E-state index in [1.165, 1.54) is 6.92 Å². The molecule has 4 nitrogen and oxygen atoms in total. The molecule has 0 aliphatic carbocycles. The first kappa shape index (κ1) is 13.3. The van der Waals surface area contributed by atoms with E-state index in [1.807, 2.05) is 0 Å². The average molecular weight is 255 g/mol. The fourth-order valence-electron chi connectivity index (χ4n) is 1.10. The largest absolute Gasteiger partial charge is 0.427 e. The Hall–Kier alpha value is -1.81. The number of ether oxygens (including phenoxy) is 2. The molecule has 0 aliphatic heterocycles. The third-order valence-corrected chi connectivity index (χ3v) is 2.00. The predicted molar refractivity (Wildman–Crippen MR) is 63.6 cm³/mol. The number of esters is 2. The van der Waals surface area contributed by atoms with Crippen molar-refractivity contribution in [3.63, 3.8) is 0 Å². The van der Waals surface area contributed by atoms with Crippen molar-refractivity contribution in [2.75, 3.05) is 5.88 Å². The van der Waals surface area contributed by atoms with Gasteiger partial charge in [0.05, 0.1) is 0 Å². The molecule has 0 atom stereocenters. The van der Waals surface area contributed by atoms with E-state index in [4.69, 9.17) is 21.1 Å². The zero-order chi connectivity index (χ0) is 12.8. The molecule has 0 unspecified atom stereocenters. The minimum absolute atomic E-state index is 0.206. The first-order chi connectivity index (χ1) is 8.02. The summed E-state index contributed by atoms with van der Waals surface area (Å²) in [5.41, 5.74) is 0.630. The fourth-order valence-corrected chi connectivity index (χ4v) is 1.15. The van der Waals surface area contributed by atoms with Gasteiger partial charge in [-0.05, 0) is 24.3 Å². The molecule has 1 rings (SSSR count). The van der Waals surface area contributed by atoms with E-state index in [0.29, 0.717) is 11.3 Å². The van der Waals surface area contributed by atoms with Crippen LogP contribution in [0.3, 0.4) is 0 Å². The maximum atomic E-state index is 10.9. The van der Waals surface area contributed by atoms with Crippen LogP contribution in [0.25, 0.3) is 5.76 Å². The summed E-state index contributed by atoms with van der Waals surface area (Å²) in [6.07, 6.45) is 0. The molecule has 5 heteroatoms. The van der Waals surface area contributed by atoms with Gasteiger partial charge in [-0.25, -0.2) is 0 Å². The lowest BCUT2D eigenvalue weighted by Crippen LogP contribution is -2.08. The topological polar surface area (TPSA) is 52.6 Å². The molecule has 0 radical (unpaired) electrons. The number of alkyl halides is 1. The molecule has 0 amide bonds. The zero-order valence-electron chi connectivity index (χ0n) is 9.23. The molecular formula is C12H11ClO4. The minimum atomic E-state index is -0.529. The van der Waals surface area contributed by atoms with E-state index in [9.17, 15) is 9.59 Å². The number of hydrogen-bond acceptors (Lipinski definition) is 4. The highest BCUT2D eigenvalue weighted by atomic mass is 35.5. The Labute approximate surface area is 104 Å². The molecular weight excluding hydrogens is 244 g/mol. The quantitative estimate of drug-likeness (QED) is 0.358. The van der Waals surface area contributed by atoms with Gasteiger partial charge in [0, 0.05) is 12.5 Å². The number of rotatable bonds is 4. The van der Waals surface area contributed by atoms with Crippen LogP contribution in [-0.2, 0) is 14.3 Å². The molecule has 1 aromatic rings. The van der Waals surface area contributed by atoms with E-state index < -0.39 is 11.9 Å². The summed E-state index contributed by atoms with van der Waals surface area (Å²) in [5.74, 6) is -0.560. The highest BCUT2D eigenvalue weighted by Crippen LogP contribution is 2.18. The minimum Gasteiger partial charge on any atom is -0.427 e. The number of halogens is 1. The molecule has 1 aromatic carbocycles. The third kappa shape index (κ3) is 4.28. The van der Waals surface area contributed by atoms with Crippen LogP contribution < -0.4 is 4.74 Å². The summed E-state index contributed by atoms with van der Waals surface area (Å²) in [4.78, 5) is 21.6. The highest BCUT2D eigenvalue weighted by Gasteiger charge is 2.05. The molecule has 0 saturated heterocycles. The summed E-state index contributed by atoms with van der Waals surface area (Å²) in [5, 5.41) is 0. The number of carbonyl (C=O) groups excluding carboxylic acids is 2. The van der Waals surface area contributed by atoms with Crippen LogP contribution in [0.1, 0.15) is 12.5 Å². The Kier molecular flexibility index (Phi) is 4.72. The fraction of sp³-hybridized carbons (Fsp3) is 0.167. The van der Waals surface area contributed by atoms with Gasteiger partial charge in [0.25, 0.3) is 0 Å². The molecule has 0 fully saturated rings. The second kappa shape index (κ2) is 6.06. The van der Waals surface area contributed by atoms with Crippen LogP contribution in [0, 0.1) is 0 Å². The van der Waals surface area contributed by atoms with Crippen molar-refractivity contribution < 1.29 is 19.1 Å². The van der Waals surface area contributed by atoms with Crippen molar-refractivity contribution in [2.45, 2.75) is 6.92 Å². The van der Waals surface area contributed by atoms with E-state index in [1.54, 1.807) is 24.3 Å². The van der Waals surface area contributed by atoms with Gasteiger partial charge in [0.15, 0.2) is 0 Å². The Morgan fingerprint density at radius 2 is 1.88 bits per heavy atom. The van der Waals surface area contributed by atoms with Gasteiger partial charge in [-0.2, -0.15) is 0 Å². The Balaban J connectivity index is 2.70. The van der Waals surface area contributed by atoms with Crippen molar-refractivity contribution >= 4 is 29.3 Å². The Bertz CT molecular complexity index is 436. The van der Waals surface area contributed by atoms with Gasteiger partial charge in [0.1, 0.15) is 17.4 Å². The lowest BCUT2D eigenvalue weighted by molar-refractivity contribution is -0.134. The van der Waals surface area contributed by atoms with Crippen LogP contribution in [0.2, 0.25) is 0 Å². The first-order valence-corrected chi connectivity index (χ1v) is 5.31. The third-order valence-electron chi connectivity index (χ3n) is 1.78. The monoisotopic (exact) mass is 254 g/mol. The van der Waals surface area contributed by atoms with E-state index in [2.05, 4.69) is 6.58 Å². The van der Waals surface area contributed by atoms with E-state index in [0.717, 1.165) is 0 Å². The standard InChI is InChI=1S/C12H11ClO4/c1-8(16-9(2)14)10-3-5-11(6-4-10)17-12(15)7-13/h3-6H,1,7H2,2H3. The van der Waals surface area contributed by atoms with Crippen LogP contribution in [0.15, 0.2) is 30.8 Å². The smallest absolute Gasteiger partial charge is 0.326 e.